The van der Waals surface area contributed by atoms with E-state index in [9.17, 15) is 4.79 Å². The minimum Gasteiger partial charge on any atom is -0.338 e. The minimum absolute atomic E-state index is 0.0114. The van der Waals surface area contributed by atoms with Gasteiger partial charge in [-0.2, -0.15) is 5.10 Å². The van der Waals surface area contributed by atoms with Gasteiger partial charge in [0.25, 0.3) is 5.91 Å². The zero-order valence-electron chi connectivity index (χ0n) is 12.6. The Morgan fingerprint density at radius 2 is 2.13 bits per heavy atom. The van der Waals surface area contributed by atoms with Gasteiger partial charge in [0.1, 0.15) is 5.56 Å². The maximum absolute atomic E-state index is 12.8. The first kappa shape index (κ1) is 14.3. The molecule has 0 spiro atoms. The molecule has 3 aromatic heterocycles. The first-order chi connectivity index (χ1) is 11.2. The fourth-order valence-electron chi connectivity index (χ4n) is 2.93. The zero-order valence-corrected chi connectivity index (χ0v) is 13.4. The van der Waals surface area contributed by atoms with E-state index in [1.807, 2.05) is 28.5 Å². The number of fused-ring (bicyclic) bond motifs is 1. The fourth-order valence-corrected chi connectivity index (χ4v) is 3.66. The molecule has 1 saturated heterocycles. The van der Waals surface area contributed by atoms with Crippen molar-refractivity contribution in [2.75, 3.05) is 13.1 Å². The molecule has 23 heavy (non-hydrogen) atoms. The summed E-state index contributed by atoms with van der Waals surface area (Å²) >= 11 is 1.64. The monoisotopic (exact) mass is 327 g/mol. The molecule has 0 aliphatic carbocycles. The van der Waals surface area contributed by atoms with Crippen molar-refractivity contribution in [3.05, 3.63) is 41.5 Å². The highest BCUT2D eigenvalue weighted by Crippen LogP contribution is 2.25. The van der Waals surface area contributed by atoms with Crippen LogP contribution in [0.1, 0.15) is 23.2 Å². The van der Waals surface area contributed by atoms with Crippen LogP contribution in [0.25, 0.3) is 16.2 Å². The lowest BCUT2D eigenvalue weighted by molar-refractivity contribution is 0.0716. The molecule has 3 aromatic rings. The number of piperidine rings is 1. The van der Waals surface area contributed by atoms with Crippen molar-refractivity contribution in [3.63, 3.8) is 0 Å². The number of hydrogen-bond acceptors (Lipinski definition) is 5. The summed E-state index contributed by atoms with van der Waals surface area (Å²) in [6.45, 7) is 1.39. The van der Waals surface area contributed by atoms with Crippen molar-refractivity contribution in [3.8, 4) is 10.6 Å². The van der Waals surface area contributed by atoms with Crippen LogP contribution in [0.3, 0.4) is 0 Å². The number of nitrogens with zero attached hydrogens (tertiary/aromatic N) is 4. The lowest BCUT2D eigenvalue weighted by atomic mass is 10.1. The highest BCUT2D eigenvalue weighted by atomic mass is 32.1. The molecule has 0 aromatic carbocycles. The van der Waals surface area contributed by atoms with Gasteiger partial charge in [-0.1, -0.05) is 6.07 Å². The number of amides is 1. The molecule has 6 nitrogen and oxygen atoms in total. The average molecular weight is 327 g/mol. The maximum atomic E-state index is 12.8. The van der Waals surface area contributed by atoms with Crippen LogP contribution >= 0.6 is 11.3 Å². The molecule has 0 bridgehead atoms. The molecule has 118 valence electrons. The lowest BCUT2D eigenvalue weighted by Crippen LogP contribution is -2.42. The first-order valence-electron chi connectivity index (χ1n) is 7.65. The third-order valence-electron chi connectivity index (χ3n) is 4.23. The van der Waals surface area contributed by atoms with Crippen LogP contribution < -0.4 is 5.73 Å². The topological polar surface area (TPSA) is 76.5 Å². The third kappa shape index (κ3) is 2.51. The predicted molar refractivity (Wildman–Crippen MR) is 89.4 cm³/mol. The van der Waals surface area contributed by atoms with Gasteiger partial charge in [-0.15, -0.1) is 11.3 Å². The molecule has 0 unspecified atom stereocenters. The van der Waals surface area contributed by atoms with Crippen LogP contribution in [-0.2, 0) is 0 Å². The molecular weight excluding hydrogens is 310 g/mol. The summed E-state index contributed by atoms with van der Waals surface area (Å²) in [5.74, 6) is -0.0114. The number of hydrogen-bond donors (Lipinski definition) is 1. The Morgan fingerprint density at radius 1 is 1.30 bits per heavy atom. The molecule has 0 saturated carbocycles. The number of carbonyl (C=O) groups excluding carboxylic acids is 1. The molecule has 4 rings (SSSR count). The Hall–Kier alpha value is -2.25. The normalized spacial score (nSPS) is 16.1. The quantitative estimate of drug-likeness (QED) is 0.781. The average Bonchev–Trinajstić information content (AvgIpc) is 3.24. The Labute approximate surface area is 137 Å². The van der Waals surface area contributed by atoms with Crippen molar-refractivity contribution >= 4 is 22.9 Å². The molecule has 1 aliphatic rings. The number of rotatable bonds is 2. The van der Waals surface area contributed by atoms with Crippen molar-refractivity contribution in [2.45, 2.75) is 18.9 Å². The molecule has 4 heterocycles. The van der Waals surface area contributed by atoms with Gasteiger partial charge in [0.2, 0.25) is 0 Å². The van der Waals surface area contributed by atoms with E-state index in [0.717, 1.165) is 23.4 Å². The summed E-state index contributed by atoms with van der Waals surface area (Å²) in [5.41, 5.74) is 8.03. The Morgan fingerprint density at radius 3 is 2.87 bits per heavy atom. The molecule has 7 heteroatoms. The summed E-state index contributed by atoms with van der Waals surface area (Å²) in [6.07, 6.45) is 5.04. The number of likely N-dealkylation sites (tertiary alicyclic amines) is 1. The summed E-state index contributed by atoms with van der Waals surface area (Å²) in [4.78, 5) is 20.1. The van der Waals surface area contributed by atoms with E-state index in [2.05, 4.69) is 10.1 Å². The van der Waals surface area contributed by atoms with Gasteiger partial charge >= 0.3 is 0 Å². The van der Waals surface area contributed by atoms with Crippen LogP contribution in [-0.4, -0.2) is 44.5 Å². The van der Waals surface area contributed by atoms with Gasteiger partial charge in [-0.25, -0.2) is 9.50 Å². The molecule has 1 amide bonds. The van der Waals surface area contributed by atoms with Gasteiger partial charge in [-0.05, 0) is 30.4 Å². The van der Waals surface area contributed by atoms with Crippen molar-refractivity contribution < 1.29 is 4.79 Å². The summed E-state index contributed by atoms with van der Waals surface area (Å²) in [6, 6.07) is 6.15. The van der Waals surface area contributed by atoms with E-state index in [1.165, 1.54) is 0 Å². The molecular formula is C16H17N5OS. The Kier molecular flexibility index (Phi) is 3.59. The van der Waals surface area contributed by atoms with Crippen LogP contribution in [0.15, 0.2) is 36.0 Å². The van der Waals surface area contributed by atoms with Gasteiger partial charge < -0.3 is 10.6 Å². The third-order valence-corrected chi connectivity index (χ3v) is 5.12. The van der Waals surface area contributed by atoms with E-state index in [4.69, 9.17) is 5.73 Å². The molecule has 0 atom stereocenters. The fraction of sp³-hybridized carbons (Fsp3) is 0.312. The lowest BCUT2D eigenvalue weighted by Gasteiger charge is -2.29. The second-order valence-electron chi connectivity index (χ2n) is 5.73. The van der Waals surface area contributed by atoms with Crippen LogP contribution in [0.5, 0.6) is 0 Å². The van der Waals surface area contributed by atoms with Crippen molar-refractivity contribution in [2.24, 2.45) is 5.73 Å². The van der Waals surface area contributed by atoms with E-state index in [0.29, 0.717) is 24.3 Å². The van der Waals surface area contributed by atoms with E-state index >= 15 is 0 Å². The van der Waals surface area contributed by atoms with Gasteiger partial charge in [0.15, 0.2) is 5.65 Å². The van der Waals surface area contributed by atoms with E-state index in [-0.39, 0.29) is 11.9 Å². The first-order valence-corrected chi connectivity index (χ1v) is 8.53. The van der Waals surface area contributed by atoms with Crippen molar-refractivity contribution in [1.29, 1.82) is 0 Å². The number of aromatic nitrogens is 3. The standard InChI is InChI=1S/C16H17N5OS/c17-11-4-7-20(8-5-11)16(22)12-10-19-21-13(3-6-18-15(12)21)14-2-1-9-23-14/h1-3,6,9-11H,4-5,7-8,17H2. The highest BCUT2D eigenvalue weighted by molar-refractivity contribution is 7.13. The predicted octanol–water partition coefficient (Wildman–Crippen LogP) is 2.02. The smallest absolute Gasteiger partial charge is 0.259 e. The zero-order chi connectivity index (χ0) is 15.8. The largest absolute Gasteiger partial charge is 0.338 e. The Bertz CT molecular complexity index is 833. The van der Waals surface area contributed by atoms with E-state index in [1.54, 1.807) is 28.2 Å². The molecule has 0 radical (unpaired) electrons. The maximum Gasteiger partial charge on any atom is 0.259 e. The summed E-state index contributed by atoms with van der Waals surface area (Å²) < 4.78 is 1.74. The van der Waals surface area contributed by atoms with Crippen molar-refractivity contribution in [1.82, 2.24) is 19.5 Å². The highest BCUT2D eigenvalue weighted by Gasteiger charge is 2.25. The number of thiophene rings is 1. The Balaban J connectivity index is 1.72. The number of nitrogens with two attached hydrogens (primary N) is 1. The SMILES string of the molecule is NC1CCN(C(=O)c2cnn3c(-c4cccs4)ccnc23)CC1. The molecule has 1 fully saturated rings. The van der Waals surface area contributed by atoms with Crippen LogP contribution in [0.2, 0.25) is 0 Å². The second kappa shape index (κ2) is 5.75. The molecule has 2 N–H and O–H groups in total. The van der Waals surface area contributed by atoms with Gasteiger partial charge in [0, 0.05) is 25.3 Å². The van der Waals surface area contributed by atoms with Gasteiger partial charge in [0.05, 0.1) is 16.8 Å². The molecule has 1 aliphatic heterocycles. The van der Waals surface area contributed by atoms with Crippen LogP contribution in [0, 0.1) is 0 Å². The number of carbonyl (C=O) groups is 1. The second-order valence-corrected chi connectivity index (χ2v) is 6.68. The minimum atomic E-state index is -0.0114. The van der Waals surface area contributed by atoms with E-state index < -0.39 is 0 Å². The van der Waals surface area contributed by atoms with Crippen LogP contribution in [0.4, 0.5) is 0 Å². The summed E-state index contributed by atoms with van der Waals surface area (Å²) in [5, 5.41) is 6.42. The summed E-state index contributed by atoms with van der Waals surface area (Å²) in [7, 11) is 0. The van der Waals surface area contributed by atoms with Gasteiger partial charge in [-0.3, -0.25) is 4.79 Å².